The monoisotopic (exact) mass is 471 g/mol. The Hall–Kier alpha value is -3.29. The Labute approximate surface area is 204 Å². The van der Waals surface area contributed by atoms with Crippen molar-refractivity contribution < 1.29 is 4.79 Å². The van der Waals surface area contributed by atoms with Crippen molar-refractivity contribution in [1.82, 2.24) is 20.2 Å². The van der Waals surface area contributed by atoms with Crippen molar-refractivity contribution in [3.05, 3.63) is 83.5 Å². The third-order valence-corrected chi connectivity index (χ3v) is 7.27. The van der Waals surface area contributed by atoms with Crippen LogP contribution in [0.25, 0.3) is 10.9 Å². The number of nitrogens with zero attached hydrogens (tertiary/aromatic N) is 4. The molecule has 4 aromatic rings. The van der Waals surface area contributed by atoms with Crippen LogP contribution >= 0.6 is 11.3 Å². The van der Waals surface area contributed by atoms with E-state index in [9.17, 15) is 4.79 Å². The van der Waals surface area contributed by atoms with Gasteiger partial charge in [0.25, 0.3) is 5.91 Å². The number of anilines is 2. The summed E-state index contributed by atoms with van der Waals surface area (Å²) in [5, 5.41) is 6.93. The lowest BCUT2D eigenvalue weighted by atomic mass is 9.97. The van der Waals surface area contributed by atoms with Crippen molar-refractivity contribution >= 4 is 39.0 Å². The van der Waals surface area contributed by atoms with Crippen LogP contribution in [0.1, 0.15) is 29.0 Å². The van der Waals surface area contributed by atoms with Crippen LogP contribution in [0.4, 0.5) is 10.8 Å². The molecule has 0 unspecified atom stereocenters. The first kappa shape index (κ1) is 22.5. The Morgan fingerprint density at radius 3 is 2.79 bits per heavy atom. The minimum Gasteiger partial charge on any atom is -0.350 e. The summed E-state index contributed by atoms with van der Waals surface area (Å²) in [4.78, 5) is 26.6. The summed E-state index contributed by atoms with van der Waals surface area (Å²) in [5.74, 6) is 0.334. The molecule has 2 aromatic carbocycles. The van der Waals surface area contributed by atoms with Crippen LogP contribution in [0.2, 0.25) is 0 Å². The molecule has 1 aliphatic rings. The van der Waals surface area contributed by atoms with Crippen LogP contribution in [0.3, 0.4) is 0 Å². The van der Waals surface area contributed by atoms with Crippen molar-refractivity contribution in [3.8, 4) is 0 Å². The zero-order chi connectivity index (χ0) is 23.3. The molecule has 5 rings (SSSR count). The van der Waals surface area contributed by atoms with Gasteiger partial charge in [-0.1, -0.05) is 42.5 Å². The number of carbonyl (C=O) groups is 1. The molecule has 0 radical (unpaired) electrons. The van der Waals surface area contributed by atoms with E-state index in [-0.39, 0.29) is 5.91 Å². The summed E-state index contributed by atoms with van der Waals surface area (Å²) in [5.41, 5.74) is 3.67. The molecular weight excluding hydrogens is 442 g/mol. The molecule has 7 heteroatoms. The van der Waals surface area contributed by atoms with E-state index in [0.717, 1.165) is 54.5 Å². The third-order valence-electron chi connectivity index (χ3n) is 6.35. The van der Waals surface area contributed by atoms with Gasteiger partial charge in [-0.2, -0.15) is 0 Å². The molecule has 3 heterocycles. The number of hydrogen-bond donors (Lipinski definition) is 1. The molecule has 1 amide bonds. The number of nitrogens with one attached hydrogen (secondary N) is 1. The lowest BCUT2D eigenvalue weighted by Crippen LogP contribution is -2.40. The van der Waals surface area contributed by atoms with Crippen LogP contribution in [-0.2, 0) is 6.54 Å². The second-order valence-electron chi connectivity index (χ2n) is 8.86. The SMILES string of the molecule is CN(c1ccccc1)c1nc(C(=O)NC[C@@H]2CCCN(Cc3ccc4ccccc4n3)C2)cs1. The van der Waals surface area contributed by atoms with Crippen molar-refractivity contribution in [2.24, 2.45) is 5.92 Å². The fraction of sp³-hybridized carbons (Fsp3) is 0.296. The summed E-state index contributed by atoms with van der Waals surface area (Å²) >= 11 is 1.48. The van der Waals surface area contributed by atoms with Gasteiger partial charge >= 0.3 is 0 Å². The summed E-state index contributed by atoms with van der Waals surface area (Å²) < 4.78 is 0. The van der Waals surface area contributed by atoms with Gasteiger partial charge in [0.15, 0.2) is 5.13 Å². The average molecular weight is 472 g/mol. The second-order valence-corrected chi connectivity index (χ2v) is 9.70. The molecule has 6 nitrogen and oxygen atoms in total. The van der Waals surface area contributed by atoms with Crippen LogP contribution in [0.5, 0.6) is 0 Å². The standard InChI is InChI=1S/C27H29N5OS/c1-31(23-10-3-2-4-11-23)27-30-25(19-34-27)26(33)28-16-20-8-7-15-32(17-20)18-22-14-13-21-9-5-6-12-24(21)29-22/h2-6,9-14,19-20H,7-8,15-18H2,1H3,(H,28,33)/t20-/m0/s1. The van der Waals surface area contributed by atoms with E-state index in [1.807, 2.05) is 59.8 Å². The summed E-state index contributed by atoms with van der Waals surface area (Å²) in [6.45, 7) is 3.55. The average Bonchev–Trinajstić information content (AvgIpc) is 3.38. The Morgan fingerprint density at radius 2 is 1.91 bits per heavy atom. The van der Waals surface area contributed by atoms with Crippen molar-refractivity contribution in [2.45, 2.75) is 19.4 Å². The van der Waals surface area contributed by atoms with E-state index in [0.29, 0.717) is 18.2 Å². The highest BCUT2D eigenvalue weighted by Crippen LogP contribution is 2.26. The van der Waals surface area contributed by atoms with E-state index in [1.54, 1.807) is 0 Å². The molecule has 0 spiro atoms. The Kier molecular flexibility index (Phi) is 6.83. The molecule has 1 N–H and O–H groups in total. The maximum atomic E-state index is 12.7. The maximum absolute atomic E-state index is 12.7. The summed E-state index contributed by atoms with van der Waals surface area (Å²) in [6.07, 6.45) is 2.26. The van der Waals surface area contributed by atoms with Gasteiger partial charge < -0.3 is 10.2 Å². The molecule has 0 saturated carbocycles. The van der Waals surface area contributed by atoms with Crippen LogP contribution in [-0.4, -0.2) is 47.5 Å². The highest BCUT2D eigenvalue weighted by Gasteiger charge is 2.22. The number of pyridine rings is 1. The molecule has 0 bridgehead atoms. The van der Waals surface area contributed by atoms with Crippen LogP contribution in [0, 0.1) is 5.92 Å². The molecule has 34 heavy (non-hydrogen) atoms. The van der Waals surface area contributed by atoms with Gasteiger partial charge in [0, 0.05) is 43.1 Å². The fourth-order valence-electron chi connectivity index (χ4n) is 4.50. The number of benzene rings is 2. The molecule has 1 saturated heterocycles. The fourth-order valence-corrected chi connectivity index (χ4v) is 5.29. The molecular formula is C27H29N5OS. The van der Waals surface area contributed by atoms with E-state index < -0.39 is 0 Å². The molecule has 1 fully saturated rings. The van der Waals surface area contributed by atoms with Gasteiger partial charge in [0.2, 0.25) is 0 Å². The number of fused-ring (bicyclic) bond motifs is 1. The first-order valence-corrected chi connectivity index (χ1v) is 12.6. The van der Waals surface area contributed by atoms with Gasteiger partial charge in [0.1, 0.15) is 5.69 Å². The van der Waals surface area contributed by atoms with E-state index in [4.69, 9.17) is 4.98 Å². The molecule has 1 aliphatic heterocycles. The third kappa shape index (κ3) is 5.26. The minimum atomic E-state index is -0.0997. The lowest BCUT2D eigenvalue weighted by molar-refractivity contribution is 0.0926. The Bertz CT molecular complexity index is 1260. The van der Waals surface area contributed by atoms with Gasteiger partial charge in [-0.25, -0.2) is 4.98 Å². The predicted molar refractivity (Wildman–Crippen MR) is 139 cm³/mol. The van der Waals surface area contributed by atoms with Gasteiger partial charge in [-0.05, 0) is 49.6 Å². The number of carbonyl (C=O) groups excluding carboxylic acids is 1. The lowest BCUT2D eigenvalue weighted by Gasteiger charge is -2.32. The Balaban J connectivity index is 1.14. The van der Waals surface area contributed by atoms with Crippen molar-refractivity contribution in [2.75, 3.05) is 31.6 Å². The highest BCUT2D eigenvalue weighted by molar-refractivity contribution is 7.14. The molecule has 2 aromatic heterocycles. The highest BCUT2D eigenvalue weighted by atomic mass is 32.1. The molecule has 1 atom stereocenters. The van der Waals surface area contributed by atoms with E-state index in [2.05, 4.69) is 39.5 Å². The minimum absolute atomic E-state index is 0.0997. The topological polar surface area (TPSA) is 61.4 Å². The largest absolute Gasteiger partial charge is 0.350 e. The zero-order valence-electron chi connectivity index (χ0n) is 19.4. The second kappa shape index (κ2) is 10.3. The van der Waals surface area contributed by atoms with Crippen molar-refractivity contribution in [3.63, 3.8) is 0 Å². The zero-order valence-corrected chi connectivity index (χ0v) is 20.2. The normalized spacial score (nSPS) is 16.4. The number of piperidine rings is 1. The maximum Gasteiger partial charge on any atom is 0.270 e. The first-order valence-electron chi connectivity index (χ1n) is 11.8. The molecule has 0 aliphatic carbocycles. The van der Waals surface area contributed by atoms with E-state index >= 15 is 0 Å². The summed E-state index contributed by atoms with van der Waals surface area (Å²) in [6, 6.07) is 22.6. The molecule has 174 valence electrons. The van der Waals surface area contributed by atoms with Gasteiger partial charge in [-0.15, -0.1) is 11.3 Å². The van der Waals surface area contributed by atoms with Crippen LogP contribution in [0.15, 0.2) is 72.1 Å². The number of aromatic nitrogens is 2. The number of thiazole rings is 1. The number of hydrogen-bond acceptors (Lipinski definition) is 6. The van der Waals surface area contributed by atoms with Crippen molar-refractivity contribution in [1.29, 1.82) is 0 Å². The van der Waals surface area contributed by atoms with Gasteiger partial charge in [0.05, 0.1) is 11.2 Å². The number of amides is 1. The smallest absolute Gasteiger partial charge is 0.270 e. The number of rotatable bonds is 7. The van der Waals surface area contributed by atoms with E-state index in [1.165, 1.54) is 16.7 Å². The summed E-state index contributed by atoms with van der Waals surface area (Å²) in [7, 11) is 1.97. The number of para-hydroxylation sites is 2. The number of likely N-dealkylation sites (tertiary alicyclic amines) is 1. The van der Waals surface area contributed by atoms with Crippen LogP contribution < -0.4 is 10.2 Å². The quantitative estimate of drug-likeness (QED) is 0.406. The predicted octanol–water partition coefficient (Wildman–Crippen LogP) is 5.10. The Morgan fingerprint density at radius 1 is 1.09 bits per heavy atom. The first-order chi connectivity index (χ1) is 16.7. The van der Waals surface area contributed by atoms with Gasteiger partial charge in [-0.3, -0.25) is 14.7 Å².